The second kappa shape index (κ2) is 4.87. The molecule has 0 saturated heterocycles. The zero-order valence-corrected chi connectivity index (χ0v) is 11.9. The van der Waals surface area contributed by atoms with E-state index < -0.39 is 0 Å². The van der Waals surface area contributed by atoms with Crippen molar-refractivity contribution in [2.45, 2.75) is 19.2 Å². The van der Waals surface area contributed by atoms with Crippen LogP contribution in [0.5, 0.6) is 0 Å². The van der Waals surface area contributed by atoms with Crippen LogP contribution in [-0.2, 0) is 0 Å². The highest BCUT2D eigenvalue weighted by Gasteiger charge is 2.17. The summed E-state index contributed by atoms with van der Waals surface area (Å²) in [5.74, 6) is 0.356. The van der Waals surface area contributed by atoms with Gasteiger partial charge in [0.1, 0.15) is 17.2 Å². The van der Waals surface area contributed by atoms with Gasteiger partial charge in [-0.1, -0.05) is 6.07 Å². The van der Waals surface area contributed by atoms with Gasteiger partial charge in [-0.2, -0.15) is 0 Å². The minimum Gasteiger partial charge on any atom is -0.279 e. The van der Waals surface area contributed by atoms with Crippen LogP contribution < -0.4 is 0 Å². The van der Waals surface area contributed by atoms with Gasteiger partial charge < -0.3 is 0 Å². The van der Waals surface area contributed by atoms with Gasteiger partial charge in [0.05, 0.1) is 11.1 Å². The van der Waals surface area contributed by atoms with Gasteiger partial charge in [-0.3, -0.25) is 4.57 Å². The Labute approximate surface area is 121 Å². The van der Waals surface area contributed by atoms with Crippen molar-refractivity contribution in [1.82, 2.24) is 14.5 Å². The van der Waals surface area contributed by atoms with E-state index in [4.69, 9.17) is 11.6 Å². The number of nitrogens with zero attached hydrogens (tertiary/aromatic N) is 3. The van der Waals surface area contributed by atoms with Gasteiger partial charge in [0.15, 0.2) is 5.65 Å². The van der Waals surface area contributed by atoms with Crippen LogP contribution >= 0.6 is 11.6 Å². The van der Waals surface area contributed by atoms with Gasteiger partial charge in [-0.15, -0.1) is 11.6 Å². The van der Waals surface area contributed by atoms with Crippen molar-refractivity contribution >= 4 is 22.8 Å². The predicted molar refractivity (Wildman–Crippen MR) is 77.8 cm³/mol. The van der Waals surface area contributed by atoms with E-state index in [9.17, 15) is 4.39 Å². The molecule has 1 unspecified atom stereocenters. The summed E-state index contributed by atoms with van der Waals surface area (Å²) < 4.78 is 15.3. The average molecular weight is 290 g/mol. The van der Waals surface area contributed by atoms with Crippen molar-refractivity contribution in [3.63, 3.8) is 0 Å². The predicted octanol–water partition coefficient (Wildman–Crippen LogP) is 4.17. The number of aromatic nitrogens is 3. The summed E-state index contributed by atoms with van der Waals surface area (Å²) in [4.78, 5) is 8.93. The smallest absolute Gasteiger partial charge is 0.164 e. The third kappa shape index (κ3) is 2.16. The lowest BCUT2D eigenvalue weighted by atomic mass is 10.3. The van der Waals surface area contributed by atoms with Gasteiger partial charge in [0.25, 0.3) is 0 Å². The topological polar surface area (TPSA) is 30.7 Å². The maximum absolute atomic E-state index is 13.5. The van der Waals surface area contributed by atoms with Crippen LogP contribution in [-0.4, -0.2) is 14.5 Å². The van der Waals surface area contributed by atoms with Crippen molar-refractivity contribution in [1.29, 1.82) is 0 Å². The monoisotopic (exact) mass is 289 g/mol. The summed E-state index contributed by atoms with van der Waals surface area (Å²) in [6.07, 6.45) is 1.77. The number of halogens is 2. The largest absolute Gasteiger partial charge is 0.279 e. The Morgan fingerprint density at radius 2 is 2.10 bits per heavy atom. The molecule has 20 heavy (non-hydrogen) atoms. The Bertz CT molecular complexity index is 780. The summed E-state index contributed by atoms with van der Waals surface area (Å²) in [5, 5.41) is -0.298. The Morgan fingerprint density at radius 1 is 1.30 bits per heavy atom. The molecule has 0 N–H and O–H groups in total. The van der Waals surface area contributed by atoms with Crippen LogP contribution in [0.1, 0.15) is 23.7 Å². The first kappa shape index (κ1) is 13.1. The average Bonchev–Trinajstić information content (AvgIpc) is 2.77. The first-order valence-electron chi connectivity index (χ1n) is 6.31. The molecule has 3 rings (SSSR count). The van der Waals surface area contributed by atoms with Crippen molar-refractivity contribution < 1.29 is 4.39 Å². The molecule has 0 bridgehead atoms. The number of pyridine rings is 1. The molecule has 2 aromatic heterocycles. The zero-order chi connectivity index (χ0) is 14.3. The van der Waals surface area contributed by atoms with Gasteiger partial charge >= 0.3 is 0 Å². The molecule has 2 heterocycles. The van der Waals surface area contributed by atoms with Gasteiger partial charge in [0.2, 0.25) is 0 Å². The highest BCUT2D eigenvalue weighted by Crippen LogP contribution is 2.27. The molecule has 0 saturated carbocycles. The molecular weight excluding hydrogens is 277 g/mol. The van der Waals surface area contributed by atoms with E-state index in [2.05, 4.69) is 9.97 Å². The molecule has 0 radical (unpaired) electrons. The molecular formula is C15H13ClFN3. The molecule has 0 aliphatic rings. The number of imidazole rings is 1. The lowest BCUT2D eigenvalue weighted by Gasteiger charge is -2.09. The number of benzene rings is 1. The second-order valence-electron chi connectivity index (χ2n) is 4.76. The van der Waals surface area contributed by atoms with E-state index in [0.717, 1.165) is 11.1 Å². The van der Waals surface area contributed by atoms with Crippen molar-refractivity contribution in [3.8, 4) is 5.69 Å². The molecule has 1 aromatic carbocycles. The number of rotatable bonds is 2. The normalized spacial score (nSPS) is 12.8. The number of fused-ring (bicyclic) bond motifs is 1. The molecule has 3 nitrogen and oxygen atoms in total. The zero-order valence-electron chi connectivity index (χ0n) is 11.1. The maximum atomic E-state index is 13.5. The highest BCUT2D eigenvalue weighted by atomic mass is 35.5. The van der Waals surface area contributed by atoms with E-state index in [0.29, 0.717) is 17.2 Å². The van der Waals surface area contributed by atoms with Crippen LogP contribution in [0, 0.1) is 12.7 Å². The lowest BCUT2D eigenvalue weighted by Crippen LogP contribution is -2.03. The summed E-state index contributed by atoms with van der Waals surface area (Å²) in [7, 11) is 0. The molecule has 0 aliphatic heterocycles. The first-order chi connectivity index (χ1) is 9.56. The Balaban J connectivity index is 2.34. The van der Waals surface area contributed by atoms with Crippen LogP contribution in [0.15, 0.2) is 36.5 Å². The van der Waals surface area contributed by atoms with Gasteiger partial charge in [-0.05, 0) is 43.7 Å². The van der Waals surface area contributed by atoms with E-state index in [-0.39, 0.29) is 11.2 Å². The van der Waals surface area contributed by atoms with E-state index in [1.807, 2.05) is 26.0 Å². The van der Waals surface area contributed by atoms with Crippen LogP contribution in [0.3, 0.4) is 0 Å². The molecule has 102 valence electrons. The number of hydrogen-bond donors (Lipinski definition) is 0. The minimum atomic E-state index is -0.301. The molecule has 0 spiro atoms. The summed E-state index contributed by atoms with van der Waals surface area (Å²) >= 11 is 6.20. The van der Waals surface area contributed by atoms with E-state index in [1.54, 1.807) is 16.8 Å². The fourth-order valence-corrected chi connectivity index (χ4v) is 2.37. The van der Waals surface area contributed by atoms with Crippen molar-refractivity contribution in [3.05, 3.63) is 53.7 Å². The molecule has 0 fully saturated rings. The maximum Gasteiger partial charge on any atom is 0.164 e. The van der Waals surface area contributed by atoms with E-state index >= 15 is 0 Å². The standard InChI is InChI=1S/C15H13ClFN3/c1-9-6-13-15(18-8-9)20(14(19-13)10(2)16)12-5-3-4-11(17)7-12/h3-8,10H,1-2H3. The Hall–Kier alpha value is -1.94. The Kier molecular flexibility index (Phi) is 3.18. The van der Waals surface area contributed by atoms with E-state index in [1.165, 1.54) is 12.1 Å². The quantitative estimate of drug-likeness (QED) is 0.663. The number of hydrogen-bond acceptors (Lipinski definition) is 2. The molecule has 5 heteroatoms. The lowest BCUT2D eigenvalue weighted by molar-refractivity contribution is 0.626. The molecule has 0 amide bonds. The van der Waals surface area contributed by atoms with Crippen molar-refractivity contribution in [2.24, 2.45) is 0 Å². The molecule has 0 aliphatic carbocycles. The Morgan fingerprint density at radius 3 is 2.80 bits per heavy atom. The second-order valence-corrected chi connectivity index (χ2v) is 5.41. The van der Waals surface area contributed by atoms with Gasteiger partial charge in [-0.25, -0.2) is 14.4 Å². The third-order valence-corrected chi connectivity index (χ3v) is 3.28. The van der Waals surface area contributed by atoms with Crippen LogP contribution in [0.4, 0.5) is 4.39 Å². The summed E-state index contributed by atoms with van der Waals surface area (Å²) in [5.41, 5.74) is 3.14. The minimum absolute atomic E-state index is 0.298. The van der Waals surface area contributed by atoms with Crippen molar-refractivity contribution in [2.75, 3.05) is 0 Å². The highest BCUT2D eigenvalue weighted by molar-refractivity contribution is 6.20. The number of alkyl halides is 1. The molecule has 1 atom stereocenters. The third-order valence-electron chi connectivity index (χ3n) is 3.08. The SMILES string of the molecule is Cc1cnc2c(c1)nc(C(C)Cl)n2-c1cccc(F)c1. The number of aryl methyl sites for hydroxylation is 1. The fourth-order valence-electron chi connectivity index (χ4n) is 2.22. The fraction of sp³-hybridized carbons (Fsp3) is 0.200. The summed E-state index contributed by atoms with van der Waals surface area (Å²) in [6.45, 7) is 3.79. The summed E-state index contributed by atoms with van der Waals surface area (Å²) in [6, 6.07) is 8.28. The van der Waals surface area contributed by atoms with Crippen LogP contribution in [0.25, 0.3) is 16.9 Å². The van der Waals surface area contributed by atoms with Gasteiger partial charge in [0, 0.05) is 6.20 Å². The first-order valence-corrected chi connectivity index (χ1v) is 6.75. The molecule has 3 aromatic rings. The van der Waals surface area contributed by atoms with Crippen LogP contribution in [0.2, 0.25) is 0 Å².